The van der Waals surface area contributed by atoms with Gasteiger partial charge in [0.15, 0.2) is 17.8 Å². The minimum atomic E-state index is -0.546. The van der Waals surface area contributed by atoms with E-state index in [9.17, 15) is 0 Å². The average Bonchev–Trinajstić information content (AvgIpc) is 2.71. The Kier molecular flexibility index (Phi) is 38.6. The average molecular weight is 1190 g/mol. The van der Waals surface area contributed by atoms with Gasteiger partial charge in [-0.25, -0.2) is 0 Å². The van der Waals surface area contributed by atoms with Crippen LogP contribution in [0.15, 0.2) is 103 Å². The maximum Gasteiger partial charge on any atom is 0.203 e. The fourth-order valence-electron chi connectivity index (χ4n) is 12.0. The van der Waals surface area contributed by atoms with Crippen molar-refractivity contribution in [3.8, 4) is 17.2 Å². The molecule has 4 aromatic carbocycles. The van der Waals surface area contributed by atoms with Crippen LogP contribution in [0.1, 0.15) is 280 Å². The van der Waals surface area contributed by atoms with Gasteiger partial charge in [-0.3, -0.25) is 0 Å². The molecule has 0 bridgehead atoms. The molecule has 6 atom stereocenters. The molecular weight excluding hydrogens is 1070 g/mol. The van der Waals surface area contributed by atoms with Gasteiger partial charge in [-0.15, -0.1) is 11.8 Å². The van der Waals surface area contributed by atoms with E-state index in [4.69, 9.17) is 37.9 Å². The van der Waals surface area contributed by atoms with Crippen LogP contribution in [0.25, 0.3) is 0 Å². The number of rotatable bonds is 52. The van der Waals surface area contributed by atoms with Gasteiger partial charge in [0.1, 0.15) is 29.9 Å². The molecule has 0 N–H and O–H groups in total. The first kappa shape index (κ1) is 70.5. The molecule has 0 aliphatic carbocycles. The van der Waals surface area contributed by atoms with Crippen LogP contribution < -0.4 is 14.2 Å². The van der Waals surface area contributed by atoms with Crippen LogP contribution in [0.4, 0.5) is 0 Å². The molecule has 9 heteroatoms. The van der Waals surface area contributed by atoms with E-state index in [0.29, 0.717) is 45.4 Å². The molecule has 0 amide bonds. The first-order valence-corrected chi connectivity index (χ1v) is 36.2. The highest BCUT2D eigenvalue weighted by atomic mass is 32.2. The summed E-state index contributed by atoms with van der Waals surface area (Å²) in [6.07, 6.45) is 44.8. The van der Waals surface area contributed by atoms with E-state index in [0.717, 1.165) is 58.8 Å². The molecule has 0 radical (unpaired) electrons. The van der Waals surface area contributed by atoms with E-state index < -0.39 is 30.0 Å². The molecule has 2 aliphatic rings. The van der Waals surface area contributed by atoms with Crippen molar-refractivity contribution in [1.29, 1.82) is 0 Å². The van der Waals surface area contributed by atoms with Crippen LogP contribution in [0.5, 0.6) is 17.2 Å². The summed E-state index contributed by atoms with van der Waals surface area (Å²) in [7, 11) is 0. The summed E-state index contributed by atoms with van der Waals surface area (Å²) in [4.78, 5) is 0. The van der Waals surface area contributed by atoms with Gasteiger partial charge in [-0.05, 0) is 48.1 Å². The third-order valence-electron chi connectivity index (χ3n) is 17.2. The van der Waals surface area contributed by atoms with Crippen LogP contribution in [-0.4, -0.2) is 56.3 Å². The molecule has 476 valence electrons. The van der Waals surface area contributed by atoms with Crippen molar-refractivity contribution in [3.05, 3.63) is 125 Å². The van der Waals surface area contributed by atoms with E-state index in [1.807, 2.05) is 30.3 Å². The van der Waals surface area contributed by atoms with Gasteiger partial charge in [0.2, 0.25) is 5.75 Å². The van der Waals surface area contributed by atoms with Gasteiger partial charge >= 0.3 is 0 Å². The summed E-state index contributed by atoms with van der Waals surface area (Å²) in [6, 6.07) is 35.4. The minimum Gasteiger partial charge on any atom is -0.490 e. The van der Waals surface area contributed by atoms with Crippen LogP contribution >= 0.6 is 11.8 Å². The number of fused-ring (bicyclic) bond motifs is 1. The third-order valence-corrected chi connectivity index (χ3v) is 18.4. The van der Waals surface area contributed by atoms with Crippen molar-refractivity contribution in [2.24, 2.45) is 0 Å². The zero-order valence-electron chi connectivity index (χ0n) is 53.9. The monoisotopic (exact) mass is 1190 g/mol. The lowest BCUT2D eigenvalue weighted by Crippen LogP contribution is -2.62. The Labute approximate surface area is 523 Å². The van der Waals surface area contributed by atoms with Gasteiger partial charge in [-0.1, -0.05) is 324 Å². The Bertz CT molecular complexity index is 2130. The summed E-state index contributed by atoms with van der Waals surface area (Å²) < 4.78 is 55.1. The van der Waals surface area contributed by atoms with Crippen molar-refractivity contribution in [2.75, 3.05) is 26.4 Å². The number of thioether (sulfide) groups is 1. The molecule has 2 aliphatic heterocycles. The summed E-state index contributed by atoms with van der Waals surface area (Å²) in [6.45, 7) is 10.0. The zero-order valence-corrected chi connectivity index (χ0v) is 54.7. The number of benzene rings is 4. The lowest BCUT2D eigenvalue weighted by atomic mass is 9.98. The first-order chi connectivity index (χ1) is 42.2. The molecule has 0 aromatic heterocycles. The molecule has 2 saturated heterocycles. The molecule has 0 saturated carbocycles. The maximum absolute atomic E-state index is 7.12. The Balaban J connectivity index is 1.17. The van der Waals surface area contributed by atoms with Crippen molar-refractivity contribution in [1.82, 2.24) is 0 Å². The highest BCUT2D eigenvalue weighted by molar-refractivity contribution is 7.99. The number of hydrogen-bond acceptors (Lipinski definition) is 9. The normalized spacial score (nSPS) is 18.6. The summed E-state index contributed by atoms with van der Waals surface area (Å²) in [5.74, 6) is 2.97. The third kappa shape index (κ3) is 29.5. The lowest BCUT2D eigenvalue weighted by Gasteiger charge is -2.49. The van der Waals surface area contributed by atoms with E-state index in [2.05, 4.69) is 93.6 Å². The summed E-state index contributed by atoms with van der Waals surface area (Å²) in [5.41, 5.74) is 3.86. The predicted molar refractivity (Wildman–Crippen MR) is 356 cm³/mol. The van der Waals surface area contributed by atoms with E-state index in [1.54, 1.807) is 11.8 Å². The van der Waals surface area contributed by atoms with Crippen molar-refractivity contribution in [3.63, 3.8) is 0 Å². The largest absolute Gasteiger partial charge is 0.490 e. The fraction of sp³-hybridized carbons (Fsp3) is 0.684. The lowest BCUT2D eigenvalue weighted by molar-refractivity contribution is -0.329. The Morgan fingerprint density at radius 1 is 0.388 bits per heavy atom. The van der Waals surface area contributed by atoms with Gasteiger partial charge in [0.05, 0.1) is 39.6 Å². The Morgan fingerprint density at radius 3 is 1.16 bits per heavy atom. The SMILES string of the molecule is CCCCCCCCCCCCCCOc1cc(CS[C@H]2O[C@@H]3CO[C@@H](c4ccccc4)O[C@H]3[C@H](OCc3ccccc3)[C@H]2OCc2ccccc2)cc(OCCCCCCCCCCCCCC)c1OCCCCCCCCCCCCCC. The fourth-order valence-corrected chi connectivity index (χ4v) is 13.1. The van der Waals surface area contributed by atoms with Gasteiger partial charge < -0.3 is 37.9 Å². The number of ether oxygens (including phenoxy) is 8. The molecule has 8 nitrogen and oxygen atoms in total. The maximum atomic E-state index is 7.12. The molecule has 2 fully saturated rings. The molecule has 0 unspecified atom stereocenters. The van der Waals surface area contributed by atoms with Gasteiger partial charge in [-0.2, -0.15) is 0 Å². The Hall–Kier alpha value is -3.57. The number of unbranched alkanes of at least 4 members (excludes halogenated alkanes) is 33. The van der Waals surface area contributed by atoms with Crippen LogP contribution in [-0.2, 0) is 42.7 Å². The molecule has 0 spiro atoms. The smallest absolute Gasteiger partial charge is 0.203 e. The van der Waals surface area contributed by atoms with E-state index in [-0.39, 0.29) is 6.10 Å². The molecule has 6 rings (SSSR count). The highest BCUT2D eigenvalue weighted by Gasteiger charge is 2.51. The van der Waals surface area contributed by atoms with Crippen LogP contribution in [0.3, 0.4) is 0 Å². The minimum absolute atomic E-state index is 0.366. The van der Waals surface area contributed by atoms with Crippen LogP contribution in [0, 0.1) is 0 Å². The molecule has 2 heterocycles. The van der Waals surface area contributed by atoms with Crippen molar-refractivity contribution >= 4 is 11.8 Å². The summed E-state index contributed by atoms with van der Waals surface area (Å²) in [5, 5.41) is 0. The quantitative estimate of drug-likeness (QED) is 0.0402. The van der Waals surface area contributed by atoms with Crippen LogP contribution in [0.2, 0.25) is 0 Å². The van der Waals surface area contributed by atoms with Crippen molar-refractivity contribution in [2.45, 2.75) is 307 Å². The second kappa shape index (κ2) is 46.5. The predicted octanol–water partition coefficient (Wildman–Crippen LogP) is 22.2. The zero-order chi connectivity index (χ0) is 59.3. The van der Waals surface area contributed by atoms with E-state index >= 15 is 0 Å². The second-order valence-corrected chi connectivity index (χ2v) is 25.8. The van der Waals surface area contributed by atoms with Gasteiger partial charge in [0, 0.05) is 11.3 Å². The standard InChI is InChI=1S/C76H118O8S/c1-4-7-10-13-16-19-22-25-28-31-34-46-55-77-68-58-66(59-69(78-56-47-35-32-29-26-23-20-17-14-11-8-5-2)71(68)79-57-48-36-33-30-27-24-21-18-15-12-9-6-3)63-85-76-74(81-61-65-51-42-38-43-52-65)73(80-60-64-49-40-37-41-50-64)72-70(83-76)62-82-75(84-72)67-53-44-39-45-54-67/h37-45,49-54,58-59,70,72-76H,4-36,46-48,55-57,60-63H2,1-3H3/t70-,72-,73+,74-,75-,76-/m1/s1. The molecule has 4 aromatic rings. The van der Waals surface area contributed by atoms with E-state index in [1.165, 1.54) is 212 Å². The first-order valence-electron chi connectivity index (χ1n) is 35.1. The van der Waals surface area contributed by atoms with Gasteiger partial charge in [0.25, 0.3) is 0 Å². The molecule has 85 heavy (non-hydrogen) atoms. The Morgan fingerprint density at radius 2 is 0.753 bits per heavy atom. The second-order valence-electron chi connectivity index (χ2n) is 24.7. The molecular formula is C76H118O8S. The number of hydrogen-bond donors (Lipinski definition) is 0. The highest BCUT2D eigenvalue weighted by Crippen LogP contribution is 2.44. The summed E-state index contributed by atoms with van der Waals surface area (Å²) >= 11 is 1.74. The van der Waals surface area contributed by atoms with Crippen molar-refractivity contribution < 1.29 is 37.9 Å². The topological polar surface area (TPSA) is 73.8 Å².